The summed E-state index contributed by atoms with van der Waals surface area (Å²) < 4.78 is 5.17. The number of carbonyl (C=O) groups excluding carboxylic acids is 1. The van der Waals surface area contributed by atoms with Gasteiger partial charge in [0.25, 0.3) is 0 Å². The molecule has 84 valence electrons. The highest BCUT2D eigenvalue weighted by Gasteiger charge is 1.93. The Bertz CT molecular complexity index is 132. The smallest absolute Gasteiger partial charge is 0.155 e. The number of ether oxygens (including phenoxy) is 1. The van der Waals surface area contributed by atoms with Gasteiger partial charge in [-0.15, -0.1) is 0 Å². The van der Waals surface area contributed by atoms with E-state index >= 15 is 0 Å². The summed E-state index contributed by atoms with van der Waals surface area (Å²) in [6, 6.07) is 0. The van der Waals surface area contributed by atoms with Crippen molar-refractivity contribution in [1.29, 1.82) is 0 Å². The minimum absolute atomic E-state index is 0.118. The van der Waals surface area contributed by atoms with E-state index in [0.717, 1.165) is 13.0 Å². The Hall–Kier alpha value is -0.370. The summed E-state index contributed by atoms with van der Waals surface area (Å²) in [6.07, 6.45) is 9.03. The van der Waals surface area contributed by atoms with Gasteiger partial charge in [0.1, 0.15) is 6.61 Å². The number of ketones is 1. The molecule has 2 nitrogen and oxygen atoms in total. The molecular weight excluding hydrogens is 176 g/mol. The molecule has 0 aliphatic heterocycles. The van der Waals surface area contributed by atoms with Crippen LogP contribution in [0.3, 0.4) is 0 Å². The summed E-state index contributed by atoms with van der Waals surface area (Å²) in [7, 11) is 0. The number of carbonyl (C=O) groups is 1. The van der Waals surface area contributed by atoms with Gasteiger partial charge in [0.2, 0.25) is 0 Å². The van der Waals surface area contributed by atoms with Crippen LogP contribution in [0.1, 0.15) is 58.8 Å². The van der Waals surface area contributed by atoms with Gasteiger partial charge in [0, 0.05) is 6.61 Å². The van der Waals surface area contributed by atoms with Gasteiger partial charge in [-0.3, -0.25) is 4.79 Å². The zero-order valence-electron chi connectivity index (χ0n) is 9.68. The second-order valence-corrected chi connectivity index (χ2v) is 3.88. The Morgan fingerprint density at radius 1 is 1.00 bits per heavy atom. The molecule has 0 aliphatic carbocycles. The first-order chi connectivity index (χ1) is 6.77. The number of Topliss-reactive ketones (excluding diaryl/α,β-unsaturated/α-hetero) is 1. The van der Waals surface area contributed by atoms with E-state index in [1.807, 2.05) is 0 Å². The summed E-state index contributed by atoms with van der Waals surface area (Å²) in [6.45, 7) is 4.82. The number of hydrogen-bond acceptors (Lipinski definition) is 2. The summed E-state index contributed by atoms with van der Waals surface area (Å²) in [5.74, 6) is 0.118. The second kappa shape index (κ2) is 10.7. The largest absolute Gasteiger partial charge is 0.374 e. The third-order valence-corrected chi connectivity index (χ3v) is 2.20. The minimum Gasteiger partial charge on any atom is -0.374 e. The molecule has 0 N–H and O–H groups in total. The van der Waals surface area contributed by atoms with Crippen molar-refractivity contribution in [3.05, 3.63) is 0 Å². The fraction of sp³-hybridized carbons (Fsp3) is 0.917. The summed E-state index contributed by atoms with van der Waals surface area (Å²) in [5.41, 5.74) is 0. The van der Waals surface area contributed by atoms with Crippen LogP contribution < -0.4 is 0 Å². The third kappa shape index (κ3) is 11.6. The Morgan fingerprint density at radius 2 is 1.57 bits per heavy atom. The lowest BCUT2D eigenvalue weighted by Gasteiger charge is -2.02. The van der Waals surface area contributed by atoms with E-state index in [-0.39, 0.29) is 12.4 Å². The van der Waals surface area contributed by atoms with Gasteiger partial charge in [-0.25, -0.2) is 0 Å². The molecule has 0 aromatic carbocycles. The fourth-order valence-corrected chi connectivity index (χ4v) is 1.38. The molecule has 0 fully saturated rings. The predicted octanol–water partition coefficient (Wildman–Crippen LogP) is 3.34. The van der Waals surface area contributed by atoms with E-state index < -0.39 is 0 Å². The molecule has 0 atom stereocenters. The van der Waals surface area contributed by atoms with Crippen LogP contribution in [0.2, 0.25) is 0 Å². The summed E-state index contributed by atoms with van der Waals surface area (Å²) in [5, 5.41) is 0. The maximum atomic E-state index is 10.5. The van der Waals surface area contributed by atoms with Crippen LogP contribution in [0.15, 0.2) is 0 Å². The van der Waals surface area contributed by atoms with Gasteiger partial charge in [-0.05, 0) is 13.3 Å². The molecule has 14 heavy (non-hydrogen) atoms. The van der Waals surface area contributed by atoms with Crippen molar-refractivity contribution in [3.8, 4) is 0 Å². The van der Waals surface area contributed by atoms with Crippen molar-refractivity contribution in [1.82, 2.24) is 0 Å². The van der Waals surface area contributed by atoms with Gasteiger partial charge >= 0.3 is 0 Å². The second-order valence-electron chi connectivity index (χ2n) is 3.88. The van der Waals surface area contributed by atoms with E-state index in [4.69, 9.17) is 4.74 Å². The first-order valence-electron chi connectivity index (χ1n) is 5.84. The van der Waals surface area contributed by atoms with Crippen molar-refractivity contribution in [3.63, 3.8) is 0 Å². The van der Waals surface area contributed by atoms with Crippen LogP contribution in [0.4, 0.5) is 0 Å². The molecule has 0 rings (SSSR count). The van der Waals surface area contributed by atoms with Gasteiger partial charge in [0.15, 0.2) is 5.78 Å². The number of rotatable bonds is 10. The first-order valence-corrected chi connectivity index (χ1v) is 5.84. The molecule has 0 aliphatic rings. The molecule has 0 amide bonds. The minimum atomic E-state index is 0.118. The lowest BCUT2D eigenvalue weighted by atomic mass is 10.1. The van der Waals surface area contributed by atoms with Crippen LogP contribution in [0.5, 0.6) is 0 Å². The lowest BCUT2D eigenvalue weighted by Crippen LogP contribution is -2.04. The van der Waals surface area contributed by atoms with E-state index in [2.05, 4.69) is 6.92 Å². The summed E-state index contributed by atoms with van der Waals surface area (Å²) in [4.78, 5) is 10.5. The Morgan fingerprint density at radius 3 is 2.14 bits per heavy atom. The maximum Gasteiger partial charge on any atom is 0.155 e. The molecule has 0 heterocycles. The molecule has 0 radical (unpaired) electrons. The van der Waals surface area contributed by atoms with Crippen molar-refractivity contribution in [2.75, 3.05) is 13.2 Å². The van der Waals surface area contributed by atoms with Crippen molar-refractivity contribution in [2.45, 2.75) is 58.8 Å². The highest BCUT2D eigenvalue weighted by atomic mass is 16.5. The normalized spacial score (nSPS) is 10.4. The van der Waals surface area contributed by atoms with Gasteiger partial charge in [0.05, 0.1) is 0 Å². The standard InChI is InChI=1S/C12H24O2/c1-3-4-5-6-7-8-9-10-14-11-12(2)13/h3-11H2,1-2H3. The number of hydrogen-bond donors (Lipinski definition) is 0. The Labute approximate surface area is 88.0 Å². The zero-order chi connectivity index (χ0) is 10.6. The first kappa shape index (κ1) is 13.6. The average molecular weight is 200 g/mol. The molecule has 0 spiro atoms. The molecular formula is C12H24O2. The van der Waals surface area contributed by atoms with E-state index in [0.29, 0.717) is 0 Å². The maximum absolute atomic E-state index is 10.5. The van der Waals surface area contributed by atoms with E-state index in [1.54, 1.807) is 6.92 Å². The zero-order valence-corrected chi connectivity index (χ0v) is 9.68. The van der Waals surface area contributed by atoms with E-state index in [1.165, 1.54) is 38.5 Å². The molecule has 0 aromatic rings. The SMILES string of the molecule is CCCCCCCCCOCC(C)=O. The van der Waals surface area contributed by atoms with Gasteiger partial charge < -0.3 is 4.74 Å². The van der Waals surface area contributed by atoms with Crippen molar-refractivity contribution >= 4 is 5.78 Å². The lowest BCUT2D eigenvalue weighted by molar-refractivity contribution is -0.121. The van der Waals surface area contributed by atoms with Gasteiger partial charge in [-0.1, -0.05) is 45.4 Å². The molecule has 2 heteroatoms. The Balaban J connectivity index is 2.88. The highest BCUT2D eigenvalue weighted by Crippen LogP contribution is 2.06. The predicted molar refractivity (Wildman–Crippen MR) is 59.5 cm³/mol. The molecule has 0 aromatic heterocycles. The van der Waals surface area contributed by atoms with Crippen LogP contribution in [0, 0.1) is 0 Å². The number of unbranched alkanes of at least 4 members (excludes halogenated alkanes) is 6. The molecule has 0 bridgehead atoms. The molecule has 0 saturated heterocycles. The van der Waals surface area contributed by atoms with Gasteiger partial charge in [-0.2, -0.15) is 0 Å². The molecule has 0 unspecified atom stereocenters. The Kier molecular flexibility index (Phi) is 10.4. The quantitative estimate of drug-likeness (QED) is 0.505. The van der Waals surface area contributed by atoms with Crippen molar-refractivity contribution in [2.24, 2.45) is 0 Å². The topological polar surface area (TPSA) is 26.3 Å². The highest BCUT2D eigenvalue weighted by molar-refractivity contribution is 5.76. The van der Waals surface area contributed by atoms with E-state index in [9.17, 15) is 4.79 Å². The fourth-order valence-electron chi connectivity index (χ4n) is 1.38. The average Bonchev–Trinajstić information content (AvgIpc) is 2.15. The summed E-state index contributed by atoms with van der Waals surface area (Å²) >= 11 is 0. The van der Waals surface area contributed by atoms with Crippen LogP contribution >= 0.6 is 0 Å². The van der Waals surface area contributed by atoms with Crippen LogP contribution in [0.25, 0.3) is 0 Å². The molecule has 0 saturated carbocycles. The van der Waals surface area contributed by atoms with Crippen LogP contribution in [-0.4, -0.2) is 19.0 Å². The third-order valence-electron chi connectivity index (χ3n) is 2.20. The monoisotopic (exact) mass is 200 g/mol. The van der Waals surface area contributed by atoms with Crippen molar-refractivity contribution < 1.29 is 9.53 Å². The van der Waals surface area contributed by atoms with Crippen LogP contribution in [-0.2, 0) is 9.53 Å².